The van der Waals surface area contributed by atoms with Gasteiger partial charge in [-0.05, 0) is 67.8 Å². The summed E-state index contributed by atoms with van der Waals surface area (Å²) in [6.45, 7) is 7.36. The van der Waals surface area contributed by atoms with Gasteiger partial charge in [0.2, 0.25) is 11.8 Å². The van der Waals surface area contributed by atoms with Crippen molar-refractivity contribution in [1.29, 1.82) is 0 Å². The van der Waals surface area contributed by atoms with E-state index in [0.717, 1.165) is 9.87 Å². The van der Waals surface area contributed by atoms with Crippen LogP contribution in [0, 0.1) is 12.8 Å². The minimum Gasteiger partial charge on any atom is -0.497 e. The second kappa shape index (κ2) is 13.7. The first kappa shape index (κ1) is 31.0. The van der Waals surface area contributed by atoms with Crippen LogP contribution >= 0.6 is 11.6 Å². The lowest BCUT2D eigenvalue weighted by atomic mass is 10.1. The zero-order chi connectivity index (χ0) is 29.4. The number of anilines is 1. The fourth-order valence-electron chi connectivity index (χ4n) is 3.96. The maximum Gasteiger partial charge on any atom is 0.264 e. The van der Waals surface area contributed by atoms with Gasteiger partial charge in [0, 0.05) is 18.1 Å². The van der Waals surface area contributed by atoms with Gasteiger partial charge in [-0.3, -0.25) is 13.9 Å². The number of nitrogens with zero attached hydrogens (tertiary/aromatic N) is 2. The first-order chi connectivity index (χ1) is 18.9. The molecule has 1 atom stereocenters. The van der Waals surface area contributed by atoms with Crippen molar-refractivity contribution in [2.24, 2.45) is 5.92 Å². The van der Waals surface area contributed by atoms with E-state index in [9.17, 15) is 18.0 Å². The smallest absolute Gasteiger partial charge is 0.264 e. The third kappa shape index (κ3) is 7.76. The maximum atomic E-state index is 14.0. The van der Waals surface area contributed by atoms with E-state index in [4.69, 9.17) is 16.3 Å². The second-order valence-corrected chi connectivity index (χ2v) is 12.2. The number of benzene rings is 3. The topological polar surface area (TPSA) is 96.0 Å². The van der Waals surface area contributed by atoms with Crippen LogP contribution in [0.4, 0.5) is 5.69 Å². The van der Waals surface area contributed by atoms with Crippen LogP contribution in [0.1, 0.15) is 31.9 Å². The van der Waals surface area contributed by atoms with Crippen LogP contribution in [0.15, 0.2) is 77.7 Å². The van der Waals surface area contributed by atoms with Crippen LogP contribution < -0.4 is 14.4 Å². The van der Waals surface area contributed by atoms with Gasteiger partial charge in [0.05, 0.1) is 17.7 Å². The number of sulfonamides is 1. The highest BCUT2D eigenvalue weighted by molar-refractivity contribution is 7.92. The fourth-order valence-corrected chi connectivity index (χ4v) is 5.57. The Morgan fingerprint density at radius 2 is 1.57 bits per heavy atom. The van der Waals surface area contributed by atoms with E-state index in [0.29, 0.717) is 22.9 Å². The van der Waals surface area contributed by atoms with Crippen molar-refractivity contribution >= 4 is 39.1 Å². The molecule has 0 fully saturated rings. The van der Waals surface area contributed by atoms with Gasteiger partial charge in [-0.25, -0.2) is 8.42 Å². The molecule has 0 aliphatic carbocycles. The number of hydrogen-bond acceptors (Lipinski definition) is 5. The average molecular weight is 586 g/mol. The lowest BCUT2D eigenvalue weighted by molar-refractivity contribution is -0.139. The summed E-state index contributed by atoms with van der Waals surface area (Å²) in [7, 11) is -2.64. The number of halogens is 1. The Kier molecular flexibility index (Phi) is 10.6. The number of rotatable bonds is 12. The number of methoxy groups -OCH3 is 1. The monoisotopic (exact) mass is 585 g/mol. The fraction of sp³-hybridized carbons (Fsp3) is 0.333. The molecule has 1 N–H and O–H groups in total. The first-order valence-electron chi connectivity index (χ1n) is 13.0. The predicted octanol–water partition coefficient (Wildman–Crippen LogP) is 5.04. The molecule has 10 heteroatoms. The predicted molar refractivity (Wildman–Crippen MR) is 158 cm³/mol. The molecule has 1 unspecified atom stereocenters. The molecule has 3 rings (SSSR count). The highest BCUT2D eigenvalue weighted by Crippen LogP contribution is 2.27. The summed E-state index contributed by atoms with van der Waals surface area (Å²) in [4.78, 5) is 28.4. The summed E-state index contributed by atoms with van der Waals surface area (Å²) in [5.74, 6) is -0.141. The number of hydrogen-bond donors (Lipinski definition) is 1. The van der Waals surface area contributed by atoms with Crippen LogP contribution in [0.2, 0.25) is 5.02 Å². The molecule has 0 heterocycles. The van der Waals surface area contributed by atoms with Crippen molar-refractivity contribution in [3.8, 4) is 5.75 Å². The van der Waals surface area contributed by atoms with Crippen LogP contribution in [0.5, 0.6) is 5.75 Å². The van der Waals surface area contributed by atoms with Gasteiger partial charge in [0.15, 0.2) is 0 Å². The highest BCUT2D eigenvalue weighted by atomic mass is 35.5. The number of carbonyl (C=O) groups is 2. The molecule has 2 amide bonds. The largest absolute Gasteiger partial charge is 0.497 e. The van der Waals surface area contributed by atoms with Crippen LogP contribution in [0.3, 0.4) is 0 Å². The molecular weight excluding hydrogens is 550 g/mol. The SMILES string of the molecule is COc1ccc(N(CC(=O)N(Cc2ccccc2Cl)C(C)C(=O)NCC(C)C)S(=O)(=O)c2ccc(C)cc2)cc1. The quantitative estimate of drug-likeness (QED) is 0.321. The molecule has 40 heavy (non-hydrogen) atoms. The summed E-state index contributed by atoms with van der Waals surface area (Å²) < 4.78 is 34.0. The summed E-state index contributed by atoms with van der Waals surface area (Å²) in [6, 6.07) is 19.0. The van der Waals surface area contributed by atoms with Crippen molar-refractivity contribution < 1.29 is 22.7 Å². The number of amides is 2. The molecule has 0 bridgehead atoms. The van der Waals surface area contributed by atoms with Gasteiger partial charge in [-0.2, -0.15) is 0 Å². The number of aryl methyl sites for hydroxylation is 1. The van der Waals surface area contributed by atoms with Gasteiger partial charge >= 0.3 is 0 Å². The molecule has 0 aromatic heterocycles. The molecule has 0 spiro atoms. The Morgan fingerprint density at radius 1 is 0.950 bits per heavy atom. The number of ether oxygens (including phenoxy) is 1. The number of nitrogens with one attached hydrogen (secondary N) is 1. The molecule has 0 saturated carbocycles. The summed E-state index contributed by atoms with van der Waals surface area (Å²) in [5.41, 5.74) is 1.82. The van der Waals surface area contributed by atoms with Crippen LogP contribution in [-0.2, 0) is 26.2 Å². The normalized spacial score (nSPS) is 12.1. The molecule has 8 nitrogen and oxygen atoms in total. The van der Waals surface area contributed by atoms with Crippen LogP contribution in [0.25, 0.3) is 0 Å². The van der Waals surface area contributed by atoms with Crippen molar-refractivity contribution in [2.45, 2.75) is 45.2 Å². The Hall–Kier alpha value is -3.56. The zero-order valence-corrected chi connectivity index (χ0v) is 25.0. The van der Waals surface area contributed by atoms with E-state index in [1.807, 2.05) is 20.8 Å². The number of carbonyl (C=O) groups excluding carboxylic acids is 2. The third-order valence-electron chi connectivity index (χ3n) is 6.40. The molecular formula is C30H36ClN3O5S. The van der Waals surface area contributed by atoms with Crippen LogP contribution in [-0.4, -0.2) is 51.4 Å². The minimum atomic E-state index is -4.15. The van der Waals surface area contributed by atoms with E-state index in [1.165, 1.54) is 24.1 Å². The van der Waals surface area contributed by atoms with E-state index in [-0.39, 0.29) is 29.0 Å². The Bertz CT molecular complexity index is 1410. The lowest BCUT2D eigenvalue weighted by Gasteiger charge is -2.32. The van der Waals surface area contributed by atoms with E-state index < -0.39 is 28.5 Å². The molecule has 0 saturated heterocycles. The van der Waals surface area contributed by atoms with E-state index in [2.05, 4.69) is 5.32 Å². The van der Waals surface area contributed by atoms with Gasteiger partial charge in [0.1, 0.15) is 18.3 Å². The molecule has 0 radical (unpaired) electrons. The third-order valence-corrected chi connectivity index (χ3v) is 8.56. The van der Waals surface area contributed by atoms with Crippen molar-refractivity contribution in [2.75, 3.05) is 24.5 Å². The zero-order valence-electron chi connectivity index (χ0n) is 23.4. The second-order valence-electron chi connectivity index (χ2n) is 9.95. The van der Waals surface area contributed by atoms with Gasteiger partial charge < -0.3 is 15.0 Å². The highest BCUT2D eigenvalue weighted by Gasteiger charge is 2.32. The Balaban J connectivity index is 2.02. The molecule has 0 aliphatic heterocycles. The lowest BCUT2D eigenvalue weighted by Crippen LogP contribution is -2.51. The van der Waals surface area contributed by atoms with Crippen molar-refractivity contribution in [3.05, 3.63) is 88.9 Å². The van der Waals surface area contributed by atoms with Crippen molar-refractivity contribution in [1.82, 2.24) is 10.2 Å². The summed E-state index contributed by atoms with van der Waals surface area (Å²) in [5, 5.41) is 3.30. The average Bonchev–Trinajstić information content (AvgIpc) is 2.94. The molecule has 3 aromatic rings. The summed E-state index contributed by atoms with van der Waals surface area (Å²) in [6.07, 6.45) is 0. The van der Waals surface area contributed by atoms with Gasteiger partial charge in [0.25, 0.3) is 10.0 Å². The minimum absolute atomic E-state index is 0.0236. The standard InChI is InChI=1S/C30H36ClN3O5S/c1-21(2)18-32-30(36)23(4)33(19-24-8-6-7-9-28(24)31)29(35)20-34(25-12-14-26(39-5)15-13-25)40(37,38)27-16-10-22(3)11-17-27/h6-17,21,23H,18-20H2,1-5H3,(H,32,36). The molecule has 3 aromatic carbocycles. The van der Waals surface area contributed by atoms with Gasteiger partial charge in [-0.15, -0.1) is 0 Å². The molecule has 214 valence electrons. The Labute approximate surface area is 241 Å². The van der Waals surface area contributed by atoms with Crippen molar-refractivity contribution in [3.63, 3.8) is 0 Å². The van der Waals surface area contributed by atoms with Gasteiger partial charge in [-0.1, -0.05) is 61.3 Å². The molecule has 0 aliphatic rings. The Morgan fingerprint density at radius 3 is 2.15 bits per heavy atom. The summed E-state index contributed by atoms with van der Waals surface area (Å²) >= 11 is 6.40. The first-order valence-corrected chi connectivity index (χ1v) is 14.8. The van der Waals surface area contributed by atoms with E-state index in [1.54, 1.807) is 67.6 Å². The van der Waals surface area contributed by atoms with E-state index >= 15 is 0 Å². The maximum absolute atomic E-state index is 14.0.